The van der Waals surface area contributed by atoms with Crippen LogP contribution >= 0.6 is 11.6 Å². The molecule has 3 nitrogen and oxygen atoms in total. The summed E-state index contributed by atoms with van der Waals surface area (Å²) in [4.78, 5) is 11.7. The van der Waals surface area contributed by atoms with Crippen LogP contribution in [0.25, 0.3) is 0 Å². The van der Waals surface area contributed by atoms with Crippen molar-refractivity contribution in [3.8, 4) is 5.75 Å². The molecule has 0 heterocycles. The Kier molecular flexibility index (Phi) is 3.00. The molecular weight excluding hydrogens is 247 g/mol. The van der Waals surface area contributed by atoms with Crippen molar-refractivity contribution in [2.24, 2.45) is 0 Å². The van der Waals surface area contributed by atoms with E-state index in [1.807, 2.05) is 0 Å². The Morgan fingerprint density at radius 1 is 1.41 bits per heavy atom. The molecule has 0 radical (unpaired) electrons. The summed E-state index contributed by atoms with van der Waals surface area (Å²) >= 11 is 5.68. The number of esters is 1. The van der Waals surface area contributed by atoms with Gasteiger partial charge in [-0.2, -0.15) is 0 Å². The Morgan fingerprint density at radius 3 is 2.53 bits per heavy atom. The molecule has 0 unspecified atom stereocenters. The lowest BCUT2D eigenvalue weighted by molar-refractivity contribution is -0.143. The Hall–Kier alpha value is -1.29. The number of halogens is 2. The molecule has 0 aliphatic heterocycles. The second-order valence-electron chi connectivity index (χ2n) is 4.02. The van der Waals surface area contributed by atoms with Crippen LogP contribution in [0.5, 0.6) is 5.75 Å². The maximum absolute atomic E-state index is 13.8. The van der Waals surface area contributed by atoms with Gasteiger partial charge in [0.15, 0.2) is 11.6 Å². The summed E-state index contributed by atoms with van der Waals surface area (Å²) in [6, 6.07) is 3.05. The van der Waals surface area contributed by atoms with Gasteiger partial charge in [-0.1, -0.05) is 17.7 Å². The number of ether oxygens (including phenoxy) is 2. The smallest absolute Gasteiger partial charge is 0.316 e. The van der Waals surface area contributed by atoms with Crippen molar-refractivity contribution in [1.82, 2.24) is 0 Å². The lowest BCUT2D eigenvalue weighted by Crippen LogP contribution is -2.23. The summed E-state index contributed by atoms with van der Waals surface area (Å²) in [5.74, 6) is -0.972. The van der Waals surface area contributed by atoms with Crippen LogP contribution in [-0.2, 0) is 14.9 Å². The lowest BCUT2D eigenvalue weighted by atomic mass is 9.95. The second-order valence-corrected chi connectivity index (χ2v) is 4.42. The monoisotopic (exact) mass is 258 g/mol. The minimum Gasteiger partial charge on any atom is -0.493 e. The molecule has 1 aromatic rings. The van der Waals surface area contributed by atoms with Gasteiger partial charge in [0, 0.05) is 5.56 Å². The molecule has 0 spiro atoms. The van der Waals surface area contributed by atoms with Gasteiger partial charge in [-0.25, -0.2) is 4.39 Å². The van der Waals surface area contributed by atoms with Gasteiger partial charge in [-0.15, -0.1) is 0 Å². The standard InChI is InChI=1S/C12H12ClFO3/c1-16-10-7(3-4-8(13)9(10)14)12(5-6-12)11(15)17-2/h3-4H,5-6H2,1-2H3. The van der Waals surface area contributed by atoms with Crippen molar-refractivity contribution < 1.29 is 18.7 Å². The fourth-order valence-corrected chi connectivity index (χ4v) is 2.16. The zero-order valence-corrected chi connectivity index (χ0v) is 10.3. The first-order valence-electron chi connectivity index (χ1n) is 5.17. The largest absolute Gasteiger partial charge is 0.493 e. The summed E-state index contributed by atoms with van der Waals surface area (Å²) in [5, 5.41) is -0.0220. The van der Waals surface area contributed by atoms with E-state index in [0.717, 1.165) is 0 Å². The number of rotatable bonds is 3. The normalized spacial score (nSPS) is 16.5. The fourth-order valence-electron chi connectivity index (χ4n) is 2.01. The fraction of sp³-hybridized carbons (Fsp3) is 0.417. The van der Waals surface area contributed by atoms with E-state index in [4.69, 9.17) is 21.1 Å². The first-order chi connectivity index (χ1) is 8.06. The van der Waals surface area contributed by atoms with Crippen molar-refractivity contribution in [3.05, 3.63) is 28.5 Å². The van der Waals surface area contributed by atoms with Crippen molar-refractivity contribution in [2.45, 2.75) is 18.3 Å². The van der Waals surface area contributed by atoms with E-state index in [1.54, 1.807) is 6.07 Å². The number of methoxy groups -OCH3 is 2. The van der Waals surface area contributed by atoms with Crippen LogP contribution in [0.1, 0.15) is 18.4 Å². The topological polar surface area (TPSA) is 35.5 Å². The minimum atomic E-state index is -0.758. The molecule has 0 saturated heterocycles. The molecule has 1 aromatic carbocycles. The number of hydrogen-bond acceptors (Lipinski definition) is 3. The number of carbonyl (C=O) groups is 1. The van der Waals surface area contributed by atoms with Crippen LogP contribution in [0.2, 0.25) is 5.02 Å². The van der Waals surface area contributed by atoms with E-state index in [1.165, 1.54) is 20.3 Å². The van der Waals surface area contributed by atoms with Crippen LogP contribution in [0.4, 0.5) is 4.39 Å². The molecule has 5 heteroatoms. The van der Waals surface area contributed by atoms with E-state index < -0.39 is 11.2 Å². The van der Waals surface area contributed by atoms with E-state index in [-0.39, 0.29) is 16.7 Å². The third-order valence-electron chi connectivity index (χ3n) is 3.10. The molecule has 0 aromatic heterocycles. The van der Waals surface area contributed by atoms with Crippen LogP contribution in [0, 0.1) is 5.82 Å². The van der Waals surface area contributed by atoms with Gasteiger partial charge in [0.05, 0.1) is 24.7 Å². The Morgan fingerprint density at radius 2 is 2.06 bits per heavy atom. The summed E-state index contributed by atoms with van der Waals surface area (Å²) in [5.41, 5.74) is -0.250. The average Bonchev–Trinajstić information content (AvgIpc) is 3.12. The first kappa shape index (κ1) is 12.2. The predicted octanol–water partition coefficient (Wildman–Crippen LogP) is 2.69. The zero-order chi connectivity index (χ0) is 12.6. The highest BCUT2D eigenvalue weighted by Crippen LogP contribution is 2.53. The molecule has 2 rings (SSSR count). The Bertz CT molecular complexity index is 469. The molecular formula is C12H12ClFO3. The van der Waals surface area contributed by atoms with Gasteiger partial charge >= 0.3 is 5.97 Å². The quantitative estimate of drug-likeness (QED) is 0.782. The van der Waals surface area contributed by atoms with Gasteiger partial charge in [0.2, 0.25) is 0 Å². The van der Waals surface area contributed by atoms with E-state index in [2.05, 4.69) is 0 Å². The zero-order valence-electron chi connectivity index (χ0n) is 9.55. The summed E-state index contributed by atoms with van der Waals surface area (Å²) in [6.45, 7) is 0. The third-order valence-corrected chi connectivity index (χ3v) is 3.39. The van der Waals surface area contributed by atoms with E-state index >= 15 is 0 Å². The first-order valence-corrected chi connectivity index (χ1v) is 5.55. The van der Waals surface area contributed by atoms with Crippen molar-refractivity contribution in [2.75, 3.05) is 14.2 Å². The highest BCUT2D eigenvalue weighted by atomic mass is 35.5. The molecule has 1 fully saturated rings. The van der Waals surface area contributed by atoms with Gasteiger partial charge in [-0.3, -0.25) is 4.79 Å². The van der Waals surface area contributed by atoms with Crippen LogP contribution in [-0.4, -0.2) is 20.2 Å². The Labute approximate surface area is 103 Å². The summed E-state index contributed by atoms with van der Waals surface area (Å²) in [6.07, 6.45) is 1.27. The van der Waals surface area contributed by atoms with Crippen molar-refractivity contribution in [1.29, 1.82) is 0 Å². The highest BCUT2D eigenvalue weighted by Gasteiger charge is 2.54. The lowest BCUT2D eigenvalue weighted by Gasteiger charge is -2.17. The Balaban J connectivity index is 2.53. The SMILES string of the molecule is COC(=O)C1(c2ccc(Cl)c(F)c2OC)CC1. The van der Waals surface area contributed by atoms with Gasteiger partial charge in [0.25, 0.3) is 0 Å². The maximum Gasteiger partial charge on any atom is 0.316 e. The molecule has 1 aliphatic carbocycles. The van der Waals surface area contributed by atoms with Crippen LogP contribution in [0.15, 0.2) is 12.1 Å². The summed E-state index contributed by atoms with van der Waals surface area (Å²) in [7, 11) is 2.67. The molecule has 0 amide bonds. The van der Waals surface area contributed by atoms with Crippen LogP contribution < -0.4 is 4.74 Å². The van der Waals surface area contributed by atoms with Gasteiger partial charge in [-0.05, 0) is 18.9 Å². The second kappa shape index (κ2) is 4.18. The van der Waals surface area contributed by atoms with Crippen LogP contribution in [0.3, 0.4) is 0 Å². The highest BCUT2D eigenvalue weighted by molar-refractivity contribution is 6.30. The maximum atomic E-state index is 13.8. The molecule has 1 saturated carbocycles. The molecule has 92 valence electrons. The van der Waals surface area contributed by atoms with E-state index in [9.17, 15) is 9.18 Å². The molecule has 0 N–H and O–H groups in total. The molecule has 17 heavy (non-hydrogen) atoms. The number of benzene rings is 1. The number of carbonyl (C=O) groups excluding carboxylic acids is 1. The van der Waals surface area contributed by atoms with Crippen molar-refractivity contribution >= 4 is 17.6 Å². The predicted molar refractivity (Wildman–Crippen MR) is 60.9 cm³/mol. The average molecular weight is 259 g/mol. The third kappa shape index (κ3) is 1.76. The van der Waals surface area contributed by atoms with Gasteiger partial charge < -0.3 is 9.47 Å². The summed E-state index contributed by atoms with van der Waals surface area (Å²) < 4.78 is 23.5. The van der Waals surface area contributed by atoms with E-state index in [0.29, 0.717) is 18.4 Å². The molecule has 1 aliphatic rings. The van der Waals surface area contributed by atoms with Crippen molar-refractivity contribution in [3.63, 3.8) is 0 Å². The minimum absolute atomic E-state index is 0.0220. The molecule has 0 atom stereocenters. The van der Waals surface area contributed by atoms with Gasteiger partial charge in [0.1, 0.15) is 0 Å². The molecule has 0 bridgehead atoms. The number of hydrogen-bond donors (Lipinski definition) is 0.